The largest absolute Gasteiger partial charge is 0.469 e. The average Bonchev–Trinajstić information content (AvgIpc) is 3.13. The van der Waals surface area contributed by atoms with Crippen molar-refractivity contribution in [1.29, 1.82) is 0 Å². The summed E-state index contributed by atoms with van der Waals surface area (Å²) >= 11 is 0. The van der Waals surface area contributed by atoms with Gasteiger partial charge in [0.15, 0.2) is 5.96 Å². The first-order chi connectivity index (χ1) is 11.7. The number of ether oxygens (including phenoxy) is 1. The molecular formula is C18H35IN4O2. The van der Waals surface area contributed by atoms with E-state index in [1.165, 1.54) is 46.0 Å². The molecular weight excluding hydrogens is 431 g/mol. The molecule has 0 aromatic carbocycles. The van der Waals surface area contributed by atoms with Gasteiger partial charge in [-0.15, -0.1) is 24.0 Å². The SMILES string of the molecule is CCNC(=NCCCCN1CCCC1)N1CCC(C(=O)OC)CC1.I. The summed E-state index contributed by atoms with van der Waals surface area (Å²) in [4.78, 5) is 21.3. The van der Waals surface area contributed by atoms with E-state index in [9.17, 15) is 4.79 Å². The van der Waals surface area contributed by atoms with Crippen LogP contribution in [0.5, 0.6) is 0 Å². The van der Waals surface area contributed by atoms with Crippen molar-refractivity contribution in [2.75, 3.05) is 52.9 Å². The van der Waals surface area contributed by atoms with Crippen molar-refractivity contribution in [3.63, 3.8) is 0 Å². The second-order valence-corrected chi connectivity index (χ2v) is 6.78. The van der Waals surface area contributed by atoms with Gasteiger partial charge in [0.2, 0.25) is 0 Å². The van der Waals surface area contributed by atoms with Crippen LogP contribution in [0.3, 0.4) is 0 Å². The van der Waals surface area contributed by atoms with Crippen LogP contribution in [-0.2, 0) is 9.53 Å². The minimum absolute atomic E-state index is 0. The fourth-order valence-electron chi connectivity index (χ4n) is 3.56. The van der Waals surface area contributed by atoms with Gasteiger partial charge in [-0.2, -0.15) is 0 Å². The highest BCUT2D eigenvalue weighted by molar-refractivity contribution is 14.0. The molecule has 0 radical (unpaired) electrons. The highest BCUT2D eigenvalue weighted by Gasteiger charge is 2.26. The summed E-state index contributed by atoms with van der Waals surface area (Å²) in [6.45, 7) is 9.39. The van der Waals surface area contributed by atoms with Crippen LogP contribution >= 0.6 is 24.0 Å². The van der Waals surface area contributed by atoms with Crippen molar-refractivity contribution in [1.82, 2.24) is 15.1 Å². The number of nitrogens with one attached hydrogen (secondary N) is 1. The van der Waals surface area contributed by atoms with Crippen molar-refractivity contribution in [2.45, 2.75) is 45.4 Å². The molecule has 146 valence electrons. The molecule has 2 saturated heterocycles. The van der Waals surface area contributed by atoms with E-state index in [-0.39, 0.29) is 35.9 Å². The molecule has 0 unspecified atom stereocenters. The monoisotopic (exact) mass is 466 g/mol. The van der Waals surface area contributed by atoms with Crippen LogP contribution in [0.15, 0.2) is 4.99 Å². The number of piperidine rings is 1. The van der Waals surface area contributed by atoms with Crippen molar-refractivity contribution < 1.29 is 9.53 Å². The second kappa shape index (κ2) is 12.7. The van der Waals surface area contributed by atoms with Crippen LogP contribution in [-0.4, -0.2) is 74.7 Å². The molecule has 7 heteroatoms. The molecule has 0 amide bonds. The summed E-state index contributed by atoms with van der Waals surface area (Å²) in [5.74, 6) is 0.982. The fourth-order valence-corrected chi connectivity index (χ4v) is 3.56. The molecule has 0 aromatic rings. The van der Waals surface area contributed by atoms with Gasteiger partial charge < -0.3 is 19.9 Å². The Morgan fingerprint density at radius 2 is 1.84 bits per heavy atom. The van der Waals surface area contributed by atoms with Crippen molar-refractivity contribution in [3.8, 4) is 0 Å². The van der Waals surface area contributed by atoms with Gasteiger partial charge >= 0.3 is 5.97 Å². The number of carbonyl (C=O) groups excluding carboxylic acids is 1. The molecule has 0 aliphatic carbocycles. The fraction of sp³-hybridized carbons (Fsp3) is 0.889. The number of esters is 1. The zero-order valence-corrected chi connectivity index (χ0v) is 18.2. The van der Waals surface area contributed by atoms with Crippen molar-refractivity contribution >= 4 is 35.9 Å². The maximum atomic E-state index is 11.6. The van der Waals surface area contributed by atoms with E-state index in [0.717, 1.165) is 51.4 Å². The molecule has 2 fully saturated rings. The molecule has 25 heavy (non-hydrogen) atoms. The van der Waals surface area contributed by atoms with E-state index >= 15 is 0 Å². The third-order valence-corrected chi connectivity index (χ3v) is 5.01. The third kappa shape index (κ3) is 7.68. The highest BCUT2D eigenvalue weighted by atomic mass is 127. The third-order valence-electron chi connectivity index (χ3n) is 5.01. The topological polar surface area (TPSA) is 57.2 Å². The van der Waals surface area contributed by atoms with Gasteiger partial charge in [-0.3, -0.25) is 9.79 Å². The smallest absolute Gasteiger partial charge is 0.308 e. The minimum Gasteiger partial charge on any atom is -0.469 e. The molecule has 2 aliphatic rings. The summed E-state index contributed by atoms with van der Waals surface area (Å²) < 4.78 is 4.86. The Morgan fingerprint density at radius 1 is 1.16 bits per heavy atom. The predicted molar refractivity (Wildman–Crippen MR) is 113 cm³/mol. The summed E-state index contributed by atoms with van der Waals surface area (Å²) in [6, 6.07) is 0. The predicted octanol–water partition coefficient (Wildman–Crippen LogP) is 2.33. The molecule has 2 rings (SSSR count). The number of hydrogen-bond donors (Lipinski definition) is 1. The second-order valence-electron chi connectivity index (χ2n) is 6.78. The number of likely N-dealkylation sites (tertiary alicyclic amines) is 2. The lowest BCUT2D eigenvalue weighted by Gasteiger charge is -2.33. The van der Waals surface area contributed by atoms with Crippen LogP contribution in [0.2, 0.25) is 0 Å². The average molecular weight is 466 g/mol. The number of aliphatic imine (C=N–C) groups is 1. The molecule has 0 aromatic heterocycles. The summed E-state index contributed by atoms with van der Waals surface area (Å²) in [7, 11) is 1.47. The van der Waals surface area contributed by atoms with Gasteiger partial charge in [-0.25, -0.2) is 0 Å². The van der Waals surface area contributed by atoms with E-state index in [4.69, 9.17) is 9.73 Å². The van der Waals surface area contributed by atoms with Gasteiger partial charge in [0.25, 0.3) is 0 Å². The lowest BCUT2D eigenvalue weighted by Crippen LogP contribution is -2.46. The number of unbranched alkanes of at least 4 members (excludes halogenated alkanes) is 1. The highest BCUT2D eigenvalue weighted by Crippen LogP contribution is 2.18. The first-order valence-corrected chi connectivity index (χ1v) is 9.58. The van der Waals surface area contributed by atoms with Gasteiger partial charge in [-0.1, -0.05) is 0 Å². The molecule has 2 heterocycles. The molecule has 0 spiro atoms. The Kier molecular flexibility index (Phi) is 11.4. The molecule has 2 aliphatic heterocycles. The van der Waals surface area contributed by atoms with E-state index in [0.29, 0.717) is 0 Å². The molecule has 0 saturated carbocycles. The number of nitrogens with zero attached hydrogens (tertiary/aromatic N) is 3. The maximum absolute atomic E-state index is 11.6. The van der Waals surface area contributed by atoms with Crippen molar-refractivity contribution in [3.05, 3.63) is 0 Å². The van der Waals surface area contributed by atoms with Crippen molar-refractivity contribution in [2.24, 2.45) is 10.9 Å². The quantitative estimate of drug-likeness (QED) is 0.205. The number of methoxy groups -OCH3 is 1. The standard InChI is InChI=1S/C18H34N4O2.HI/c1-3-19-18(20-10-4-5-11-21-12-6-7-13-21)22-14-8-16(9-15-22)17(23)24-2;/h16H,3-15H2,1-2H3,(H,19,20);1H. The van der Waals surface area contributed by atoms with Gasteiger partial charge in [0.05, 0.1) is 13.0 Å². The first kappa shape index (κ1) is 22.5. The lowest BCUT2D eigenvalue weighted by molar-refractivity contribution is -0.146. The van der Waals surface area contributed by atoms with Gasteiger partial charge in [0, 0.05) is 26.2 Å². The van der Waals surface area contributed by atoms with Crippen LogP contribution in [0.1, 0.15) is 45.4 Å². The molecule has 1 N–H and O–H groups in total. The first-order valence-electron chi connectivity index (χ1n) is 9.58. The zero-order valence-electron chi connectivity index (χ0n) is 15.8. The van der Waals surface area contributed by atoms with Gasteiger partial charge in [0.1, 0.15) is 0 Å². The Hall–Kier alpha value is -0.570. The van der Waals surface area contributed by atoms with Crippen LogP contribution < -0.4 is 5.32 Å². The molecule has 0 atom stereocenters. The normalized spacial score (nSPS) is 19.6. The van der Waals surface area contributed by atoms with Gasteiger partial charge in [-0.05, 0) is 65.1 Å². The minimum atomic E-state index is -0.0708. The van der Waals surface area contributed by atoms with Crippen LogP contribution in [0.25, 0.3) is 0 Å². The Labute approximate surface area is 169 Å². The maximum Gasteiger partial charge on any atom is 0.308 e. The number of rotatable bonds is 7. The van der Waals surface area contributed by atoms with E-state index < -0.39 is 0 Å². The number of hydrogen-bond acceptors (Lipinski definition) is 4. The van der Waals surface area contributed by atoms with E-state index in [1.807, 2.05) is 0 Å². The van der Waals surface area contributed by atoms with E-state index in [2.05, 4.69) is 22.0 Å². The lowest BCUT2D eigenvalue weighted by atomic mass is 9.97. The van der Waals surface area contributed by atoms with Crippen LogP contribution in [0, 0.1) is 5.92 Å². The number of halogens is 1. The Morgan fingerprint density at radius 3 is 2.44 bits per heavy atom. The number of guanidine groups is 1. The zero-order chi connectivity index (χ0) is 17.2. The summed E-state index contributed by atoms with van der Waals surface area (Å²) in [6.07, 6.45) is 6.81. The summed E-state index contributed by atoms with van der Waals surface area (Å²) in [5, 5.41) is 3.39. The molecule has 0 bridgehead atoms. The Bertz CT molecular complexity index is 406. The van der Waals surface area contributed by atoms with E-state index in [1.54, 1.807) is 0 Å². The van der Waals surface area contributed by atoms with Crippen LogP contribution in [0.4, 0.5) is 0 Å². The Balaban J connectivity index is 0.00000312. The number of carbonyl (C=O) groups is 1. The summed E-state index contributed by atoms with van der Waals surface area (Å²) in [5.41, 5.74) is 0. The molecule has 6 nitrogen and oxygen atoms in total.